The van der Waals surface area contributed by atoms with Crippen LogP contribution in [0.5, 0.6) is 0 Å². The van der Waals surface area contributed by atoms with E-state index in [1.807, 2.05) is 32.0 Å². The van der Waals surface area contributed by atoms with E-state index in [9.17, 15) is 13.5 Å². The molecule has 3 unspecified atom stereocenters. The van der Waals surface area contributed by atoms with E-state index in [0.29, 0.717) is 6.04 Å². The summed E-state index contributed by atoms with van der Waals surface area (Å²) in [6.07, 6.45) is -0.217. The van der Waals surface area contributed by atoms with Crippen molar-refractivity contribution in [2.45, 2.75) is 37.6 Å². The van der Waals surface area contributed by atoms with Crippen LogP contribution in [0, 0.1) is 6.92 Å². The van der Waals surface area contributed by atoms with Crippen molar-refractivity contribution >= 4 is 10.1 Å². The van der Waals surface area contributed by atoms with Crippen LogP contribution in [-0.2, 0) is 16.7 Å². The van der Waals surface area contributed by atoms with Gasteiger partial charge in [-0.2, -0.15) is 8.42 Å². The maximum absolute atomic E-state index is 10.5. The lowest BCUT2D eigenvalue weighted by molar-refractivity contribution is 0.207. The summed E-state index contributed by atoms with van der Waals surface area (Å²) >= 11 is 0. The van der Waals surface area contributed by atoms with Crippen LogP contribution in [0.3, 0.4) is 0 Å². The van der Waals surface area contributed by atoms with E-state index in [2.05, 4.69) is 17.0 Å². The van der Waals surface area contributed by atoms with Crippen LogP contribution in [0.15, 0.2) is 59.5 Å². The van der Waals surface area contributed by atoms with E-state index in [1.165, 1.54) is 17.7 Å². The average Bonchev–Trinajstić information content (AvgIpc) is 3.07. The molecule has 124 valence electrons. The predicted octanol–water partition coefficient (Wildman–Crippen LogP) is 2.45. The van der Waals surface area contributed by atoms with E-state index in [-0.39, 0.29) is 11.1 Å². The summed E-state index contributed by atoms with van der Waals surface area (Å²) in [5.74, 6) is 0. The second-order valence-electron chi connectivity index (χ2n) is 5.60. The molecular formula is C17H21NO4S. The topological polar surface area (TPSA) is 77.6 Å². The normalized spacial score (nSPS) is 22.9. The summed E-state index contributed by atoms with van der Waals surface area (Å²) in [5.41, 5.74) is 2.22. The third-order valence-electron chi connectivity index (χ3n) is 3.73. The summed E-state index contributed by atoms with van der Waals surface area (Å²) in [6, 6.07) is 16.5. The average molecular weight is 335 g/mol. The van der Waals surface area contributed by atoms with Gasteiger partial charge in [0.15, 0.2) is 0 Å². The van der Waals surface area contributed by atoms with Gasteiger partial charge in [0.05, 0.1) is 4.90 Å². The minimum Gasteiger partial charge on any atom is -0.377 e. The van der Waals surface area contributed by atoms with Crippen molar-refractivity contribution < 1.29 is 18.1 Å². The number of hydrogen-bond donors (Lipinski definition) is 2. The Kier molecular flexibility index (Phi) is 5.54. The van der Waals surface area contributed by atoms with Crippen LogP contribution in [0.2, 0.25) is 0 Å². The highest BCUT2D eigenvalue weighted by Crippen LogP contribution is 2.27. The molecule has 1 saturated heterocycles. The Morgan fingerprint density at radius 3 is 2.00 bits per heavy atom. The Bertz CT molecular complexity index is 721. The van der Waals surface area contributed by atoms with Crippen LogP contribution in [0.1, 0.15) is 18.1 Å². The smallest absolute Gasteiger partial charge is 0.294 e. The van der Waals surface area contributed by atoms with E-state index in [0.717, 1.165) is 12.1 Å². The van der Waals surface area contributed by atoms with Gasteiger partial charge in [0.25, 0.3) is 10.1 Å². The maximum Gasteiger partial charge on any atom is 0.294 e. The molecule has 3 atom stereocenters. The third kappa shape index (κ3) is 5.14. The molecule has 0 amide bonds. The molecule has 1 fully saturated rings. The molecule has 0 saturated carbocycles. The number of benzene rings is 2. The monoisotopic (exact) mass is 335 g/mol. The first kappa shape index (κ1) is 17.6. The maximum atomic E-state index is 10.5. The molecule has 0 aliphatic carbocycles. The molecule has 3 rings (SSSR count). The number of aryl methyl sites for hydroxylation is 1. The highest BCUT2D eigenvalue weighted by Gasteiger charge is 2.41. The lowest BCUT2D eigenvalue weighted by Crippen LogP contribution is -2.01. The number of hydrogen-bond acceptors (Lipinski definition) is 4. The Labute approximate surface area is 136 Å². The first-order chi connectivity index (χ1) is 10.8. The summed E-state index contributed by atoms with van der Waals surface area (Å²) in [6.45, 7) is 4.74. The zero-order chi connectivity index (χ0) is 17.0. The fourth-order valence-electron chi connectivity index (χ4n) is 2.13. The molecule has 1 heterocycles. The van der Waals surface area contributed by atoms with Crippen LogP contribution < -0.4 is 0 Å². The van der Waals surface area contributed by atoms with Crippen molar-refractivity contribution in [2.75, 3.05) is 0 Å². The standard InChI is InChI=1S/C10H13NO.C7H8O3S/c1-8-10(12)11(8)7-9-5-3-2-4-6-9;1-6-2-4-7(5-3-6)11(8,9)10/h2-6,8,10,12H,7H2,1H3;2-5H,1H3,(H,8,9,10). The summed E-state index contributed by atoms with van der Waals surface area (Å²) in [4.78, 5) is 1.98. The second kappa shape index (κ2) is 7.23. The first-order valence-electron chi connectivity index (χ1n) is 7.31. The van der Waals surface area contributed by atoms with Gasteiger partial charge in [-0.1, -0.05) is 48.0 Å². The molecule has 0 bridgehead atoms. The Hall–Kier alpha value is -1.73. The van der Waals surface area contributed by atoms with E-state index < -0.39 is 10.1 Å². The Morgan fingerprint density at radius 1 is 1.04 bits per heavy atom. The van der Waals surface area contributed by atoms with Crippen molar-refractivity contribution in [3.63, 3.8) is 0 Å². The Morgan fingerprint density at radius 2 is 1.57 bits per heavy atom. The van der Waals surface area contributed by atoms with Crippen molar-refractivity contribution in [1.29, 1.82) is 0 Å². The van der Waals surface area contributed by atoms with Gasteiger partial charge in [0.1, 0.15) is 6.23 Å². The quantitative estimate of drug-likeness (QED) is 0.665. The van der Waals surface area contributed by atoms with Crippen LogP contribution >= 0.6 is 0 Å². The third-order valence-corrected chi connectivity index (χ3v) is 4.60. The summed E-state index contributed by atoms with van der Waals surface area (Å²) < 4.78 is 29.6. The minimum atomic E-state index is -4.02. The van der Waals surface area contributed by atoms with E-state index in [4.69, 9.17) is 4.55 Å². The molecule has 5 nitrogen and oxygen atoms in total. The van der Waals surface area contributed by atoms with Crippen molar-refractivity contribution in [2.24, 2.45) is 0 Å². The number of nitrogens with zero attached hydrogens (tertiary/aromatic N) is 1. The zero-order valence-corrected chi connectivity index (χ0v) is 13.9. The predicted molar refractivity (Wildman–Crippen MR) is 88.4 cm³/mol. The molecule has 2 aromatic rings. The molecule has 1 aliphatic rings. The lowest BCUT2D eigenvalue weighted by atomic mass is 10.2. The molecule has 1 aliphatic heterocycles. The molecule has 6 heteroatoms. The number of aliphatic hydroxyl groups excluding tert-OH is 1. The van der Waals surface area contributed by atoms with Gasteiger partial charge in [-0.15, -0.1) is 0 Å². The molecule has 0 radical (unpaired) electrons. The second-order valence-corrected chi connectivity index (χ2v) is 7.02. The van der Waals surface area contributed by atoms with Crippen molar-refractivity contribution in [1.82, 2.24) is 4.90 Å². The minimum absolute atomic E-state index is 0.0666. The van der Waals surface area contributed by atoms with Crippen LogP contribution in [-0.4, -0.2) is 35.2 Å². The van der Waals surface area contributed by atoms with Gasteiger partial charge in [-0.3, -0.25) is 9.45 Å². The fraction of sp³-hybridized carbons (Fsp3) is 0.294. The van der Waals surface area contributed by atoms with Crippen LogP contribution in [0.4, 0.5) is 0 Å². The van der Waals surface area contributed by atoms with E-state index >= 15 is 0 Å². The number of rotatable bonds is 3. The molecule has 0 spiro atoms. The molecular weight excluding hydrogens is 314 g/mol. The first-order valence-corrected chi connectivity index (χ1v) is 8.75. The van der Waals surface area contributed by atoms with Crippen molar-refractivity contribution in [3.8, 4) is 0 Å². The van der Waals surface area contributed by atoms with Gasteiger partial charge in [0.2, 0.25) is 0 Å². The SMILES string of the molecule is CC1C(O)N1Cc1ccccc1.Cc1ccc(S(=O)(=O)O)cc1. The van der Waals surface area contributed by atoms with Gasteiger partial charge in [-0.25, -0.2) is 0 Å². The van der Waals surface area contributed by atoms with Gasteiger partial charge in [0, 0.05) is 12.6 Å². The lowest BCUT2D eigenvalue weighted by Gasteiger charge is -2.00. The van der Waals surface area contributed by atoms with Gasteiger partial charge < -0.3 is 5.11 Å². The summed E-state index contributed by atoms with van der Waals surface area (Å²) in [5, 5.41) is 9.28. The van der Waals surface area contributed by atoms with Crippen LogP contribution in [0.25, 0.3) is 0 Å². The van der Waals surface area contributed by atoms with Crippen molar-refractivity contribution in [3.05, 3.63) is 65.7 Å². The highest BCUT2D eigenvalue weighted by atomic mass is 32.2. The zero-order valence-electron chi connectivity index (χ0n) is 13.1. The molecule has 2 aromatic carbocycles. The van der Waals surface area contributed by atoms with Gasteiger partial charge >= 0.3 is 0 Å². The molecule has 2 N–H and O–H groups in total. The largest absolute Gasteiger partial charge is 0.377 e. The highest BCUT2D eigenvalue weighted by molar-refractivity contribution is 7.85. The Balaban J connectivity index is 0.000000168. The fourth-order valence-corrected chi connectivity index (χ4v) is 2.61. The van der Waals surface area contributed by atoms with E-state index in [1.54, 1.807) is 12.1 Å². The summed E-state index contributed by atoms with van der Waals surface area (Å²) in [7, 11) is -4.02. The molecule has 0 aromatic heterocycles. The number of aliphatic hydroxyl groups is 1. The van der Waals surface area contributed by atoms with Gasteiger partial charge in [-0.05, 0) is 31.5 Å². The molecule has 23 heavy (non-hydrogen) atoms.